The molecule has 2 aromatic heterocycles. The maximum Gasteiger partial charge on any atom is 0.270 e. The average molecular weight is 349 g/mol. The zero-order valence-corrected chi connectivity index (χ0v) is 14.6. The van der Waals surface area contributed by atoms with Crippen molar-refractivity contribution >= 4 is 17.5 Å². The van der Waals surface area contributed by atoms with Gasteiger partial charge in [0.1, 0.15) is 11.4 Å². The minimum atomic E-state index is -0.275. The number of amides is 1. The Balaban J connectivity index is 1.72. The fourth-order valence-corrected chi connectivity index (χ4v) is 2.36. The Kier molecular flexibility index (Phi) is 5.38. The third kappa shape index (κ3) is 4.32. The number of carbonyl (C=O) groups is 1. The molecule has 3 aromatic rings. The fraction of sp³-hybridized carbons (Fsp3) is 0.158. The van der Waals surface area contributed by atoms with Gasteiger partial charge < -0.3 is 15.4 Å². The van der Waals surface area contributed by atoms with E-state index in [0.717, 1.165) is 16.8 Å². The van der Waals surface area contributed by atoms with E-state index in [9.17, 15) is 4.79 Å². The van der Waals surface area contributed by atoms with E-state index in [1.54, 1.807) is 31.8 Å². The van der Waals surface area contributed by atoms with Crippen LogP contribution in [0.15, 0.2) is 55.0 Å². The number of nitrogens with zero attached hydrogens (tertiary/aromatic N) is 3. The maximum absolute atomic E-state index is 12.3. The van der Waals surface area contributed by atoms with E-state index in [4.69, 9.17) is 4.74 Å². The third-order valence-electron chi connectivity index (χ3n) is 3.69. The van der Waals surface area contributed by atoms with Gasteiger partial charge in [-0.15, -0.1) is 0 Å². The quantitative estimate of drug-likeness (QED) is 0.711. The van der Waals surface area contributed by atoms with Crippen LogP contribution < -0.4 is 15.4 Å². The Morgan fingerprint density at radius 3 is 2.69 bits per heavy atom. The summed E-state index contributed by atoms with van der Waals surface area (Å²) in [6, 6.07) is 11.0. The largest absolute Gasteiger partial charge is 0.495 e. The van der Waals surface area contributed by atoms with Crippen LogP contribution in [0.1, 0.15) is 21.6 Å². The molecule has 2 N–H and O–H groups in total. The van der Waals surface area contributed by atoms with E-state index in [0.29, 0.717) is 18.2 Å². The lowest BCUT2D eigenvalue weighted by Crippen LogP contribution is -2.24. The average Bonchev–Trinajstić information content (AvgIpc) is 2.67. The molecule has 0 saturated heterocycles. The number of ether oxygens (including phenoxy) is 1. The van der Waals surface area contributed by atoms with Gasteiger partial charge in [0.25, 0.3) is 5.91 Å². The fourth-order valence-electron chi connectivity index (χ4n) is 2.36. The lowest BCUT2D eigenvalue weighted by atomic mass is 10.2. The second kappa shape index (κ2) is 8.06. The van der Waals surface area contributed by atoms with Crippen LogP contribution in [-0.2, 0) is 6.54 Å². The highest BCUT2D eigenvalue weighted by Crippen LogP contribution is 2.27. The smallest absolute Gasteiger partial charge is 0.270 e. The van der Waals surface area contributed by atoms with Crippen molar-refractivity contribution < 1.29 is 9.53 Å². The minimum absolute atomic E-state index is 0.275. The van der Waals surface area contributed by atoms with E-state index in [2.05, 4.69) is 25.6 Å². The first-order chi connectivity index (χ1) is 12.7. The van der Waals surface area contributed by atoms with Gasteiger partial charge in [0, 0.05) is 25.1 Å². The van der Waals surface area contributed by atoms with Gasteiger partial charge in [-0.05, 0) is 48.4 Å². The lowest BCUT2D eigenvalue weighted by molar-refractivity contribution is 0.0946. The molecule has 0 aliphatic heterocycles. The predicted molar refractivity (Wildman–Crippen MR) is 98.5 cm³/mol. The molecule has 0 bridgehead atoms. The van der Waals surface area contributed by atoms with Gasteiger partial charge in [0.05, 0.1) is 12.8 Å². The van der Waals surface area contributed by atoms with Crippen LogP contribution in [0.25, 0.3) is 0 Å². The first-order valence-corrected chi connectivity index (χ1v) is 8.07. The number of benzene rings is 1. The Bertz CT molecular complexity index is 899. The van der Waals surface area contributed by atoms with Crippen molar-refractivity contribution in [1.29, 1.82) is 0 Å². The topological polar surface area (TPSA) is 89.0 Å². The van der Waals surface area contributed by atoms with Crippen molar-refractivity contribution in [3.8, 4) is 5.75 Å². The minimum Gasteiger partial charge on any atom is -0.495 e. The molecular formula is C19H19N5O2. The van der Waals surface area contributed by atoms with Gasteiger partial charge in [-0.1, -0.05) is 6.07 Å². The molecule has 0 unspecified atom stereocenters. The lowest BCUT2D eigenvalue weighted by Gasteiger charge is -2.11. The summed E-state index contributed by atoms with van der Waals surface area (Å²) in [6.07, 6.45) is 4.91. The molecule has 2 heterocycles. The van der Waals surface area contributed by atoms with Crippen LogP contribution in [0.2, 0.25) is 0 Å². The highest BCUT2D eigenvalue weighted by atomic mass is 16.5. The number of anilines is 2. The summed E-state index contributed by atoms with van der Waals surface area (Å²) in [6.45, 7) is 2.38. The van der Waals surface area contributed by atoms with Gasteiger partial charge in [-0.3, -0.25) is 9.78 Å². The molecule has 26 heavy (non-hydrogen) atoms. The van der Waals surface area contributed by atoms with Crippen LogP contribution in [0.5, 0.6) is 5.75 Å². The molecule has 0 spiro atoms. The first-order valence-electron chi connectivity index (χ1n) is 8.07. The molecule has 132 valence electrons. The van der Waals surface area contributed by atoms with Crippen molar-refractivity contribution in [2.45, 2.75) is 13.5 Å². The van der Waals surface area contributed by atoms with Crippen LogP contribution in [0.3, 0.4) is 0 Å². The Hall–Kier alpha value is -3.48. The zero-order valence-electron chi connectivity index (χ0n) is 14.6. The number of hydrogen-bond acceptors (Lipinski definition) is 6. The molecule has 3 rings (SSSR count). The molecule has 7 heteroatoms. The van der Waals surface area contributed by atoms with Crippen molar-refractivity contribution in [2.24, 2.45) is 0 Å². The Labute approximate surface area is 151 Å². The molecule has 7 nitrogen and oxygen atoms in total. The Morgan fingerprint density at radius 2 is 1.92 bits per heavy atom. The third-order valence-corrected chi connectivity index (χ3v) is 3.69. The van der Waals surface area contributed by atoms with Gasteiger partial charge in [0.15, 0.2) is 0 Å². The maximum atomic E-state index is 12.3. The van der Waals surface area contributed by atoms with Crippen LogP contribution in [0.4, 0.5) is 11.6 Å². The molecule has 0 saturated carbocycles. The van der Waals surface area contributed by atoms with E-state index in [1.165, 1.54) is 0 Å². The molecule has 0 radical (unpaired) electrons. The van der Waals surface area contributed by atoms with Crippen molar-refractivity contribution in [3.63, 3.8) is 0 Å². The summed E-state index contributed by atoms with van der Waals surface area (Å²) in [7, 11) is 1.60. The summed E-state index contributed by atoms with van der Waals surface area (Å²) < 4.78 is 5.34. The first kappa shape index (κ1) is 17.3. The number of nitrogens with one attached hydrogen (secondary N) is 2. The number of rotatable bonds is 6. The number of carbonyl (C=O) groups excluding carboxylic acids is 1. The number of methoxy groups -OCH3 is 1. The Morgan fingerprint density at radius 1 is 1.12 bits per heavy atom. The number of hydrogen-bond donors (Lipinski definition) is 2. The normalized spacial score (nSPS) is 10.2. The summed E-state index contributed by atoms with van der Waals surface area (Å²) >= 11 is 0. The van der Waals surface area contributed by atoms with Crippen molar-refractivity contribution in [2.75, 3.05) is 12.4 Å². The van der Waals surface area contributed by atoms with E-state index in [-0.39, 0.29) is 11.6 Å². The van der Waals surface area contributed by atoms with Crippen LogP contribution >= 0.6 is 0 Å². The van der Waals surface area contributed by atoms with Crippen molar-refractivity contribution in [3.05, 3.63) is 71.8 Å². The second-order valence-electron chi connectivity index (χ2n) is 5.63. The molecular weight excluding hydrogens is 330 g/mol. The highest BCUT2D eigenvalue weighted by Gasteiger charge is 2.10. The SMILES string of the molecule is COc1ccc(C)cc1Nc1nccc(C(=O)NCc2ccncc2)n1. The highest BCUT2D eigenvalue weighted by molar-refractivity contribution is 5.92. The summed E-state index contributed by atoms with van der Waals surface area (Å²) in [4.78, 5) is 24.7. The van der Waals surface area contributed by atoms with Crippen molar-refractivity contribution in [1.82, 2.24) is 20.3 Å². The molecule has 0 aliphatic carbocycles. The van der Waals surface area contributed by atoms with Gasteiger partial charge >= 0.3 is 0 Å². The van der Waals surface area contributed by atoms with Gasteiger partial charge in [-0.25, -0.2) is 9.97 Å². The molecule has 0 aliphatic rings. The van der Waals surface area contributed by atoms with Crippen LogP contribution in [0, 0.1) is 6.92 Å². The van der Waals surface area contributed by atoms with Crippen LogP contribution in [-0.4, -0.2) is 28.0 Å². The summed E-state index contributed by atoms with van der Waals surface area (Å²) in [5.41, 5.74) is 3.05. The standard InChI is InChI=1S/C19H19N5O2/c1-13-3-4-17(26-2)16(11-13)24-19-21-10-7-15(23-19)18(25)22-12-14-5-8-20-9-6-14/h3-11H,12H2,1-2H3,(H,22,25)(H,21,23,24). The van der Waals surface area contributed by atoms with Gasteiger partial charge in [0.2, 0.25) is 5.95 Å². The number of pyridine rings is 1. The molecule has 0 atom stereocenters. The summed E-state index contributed by atoms with van der Waals surface area (Å²) in [5.74, 6) is 0.723. The van der Waals surface area contributed by atoms with E-state index < -0.39 is 0 Å². The zero-order chi connectivity index (χ0) is 18.4. The molecule has 1 aromatic carbocycles. The van der Waals surface area contributed by atoms with E-state index in [1.807, 2.05) is 37.3 Å². The summed E-state index contributed by atoms with van der Waals surface area (Å²) in [5, 5.41) is 5.93. The predicted octanol–water partition coefficient (Wildman–Crippen LogP) is 2.86. The molecule has 1 amide bonds. The van der Waals surface area contributed by atoms with E-state index >= 15 is 0 Å². The second-order valence-corrected chi connectivity index (χ2v) is 5.63. The number of aromatic nitrogens is 3. The van der Waals surface area contributed by atoms with Gasteiger partial charge in [-0.2, -0.15) is 0 Å². The monoisotopic (exact) mass is 349 g/mol. The number of aryl methyl sites for hydroxylation is 1. The molecule has 0 fully saturated rings.